The number of H-pyrrole nitrogens is 1. The van der Waals surface area contributed by atoms with Gasteiger partial charge in [-0.25, -0.2) is 8.78 Å². The average Bonchev–Trinajstić information content (AvgIpc) is 2.85. The number of hydrogen-bond donors (Lipinski definition) is 2. The molecule has 0 atom stereocenters. The first-order chi connectivity index (χ1) is 10.1. The van der Waals surface area contributed by atoms with Crippen LogP contribution >= 0.6 is 0 Å². The summed E-state index contributed by atoms with van der Waals surface area (Å²) < 4.78 is 31.1. The van der Waals surface area contributed by atoms with Gasteiger partial charge in [0.05, 0.1) is 11.4 Å². The fourth-order valence-electron chi connectivity index (χ4n) is 1.93. The van der Waals surface area contributed by atoms with Crippen LogP contribution in [0.2, 0.25) is 0 Å². The van der Waals surface area contributed by atoms with Crippen LogP contribution in [0.25, 0.3) is 11.3 Å². The van der Waals surface area contributed by atoms with E-state index in [0.29, 0.717) is 29.1 Å². The lowest BCUT2D eigenvalue weighted by atomic mass is 10.1. The van der Waals surface area contributed by atoms with Gasteiger partial charge in [-0.3, -0.25) is 9.89 Å². The highest BCUT2D eigenvalue weighted by atomic mass is 19.2. The molecule has 7 heteroatoms. The second-order valence-corrected chi connectivity index (χ2v) is 4.39. The molecule has 0 saturated heterocycles. The Morgan fingerprint density at radius 2 is 2.14 bits per heavy atom. The summed E-state index contributed by atoms with van der Waals surface area (Å²) in [7, 11) is 1.41. The van der Waals surface area contributed by atoms with Crippen LogP contribution < -0.4 is 5.32 Å². The Balaban J connectivity index is 2.41. The number of amides is 1. The average molecular weight is 295 g/mol. The van der Waals surface area contributed by atoms with E-state index in [2.05, 4.69) is 15.5 Å². The fraction of sp³-hybridized carbons (Fsp3) is 0.286. The third kappa shape index (κ3) is 3.25. The summed E-state index contributed by atoms with van der Waals surface area (Å²) in [4.78, 5) is 11.7. The predicted octanol–water partition coefficient (Wildman–Crippen LogP) is 2.50. The van der Waals surface area contributed by atoms with Crippen LogP contribution in [0.3, 0.4) is 0 Å². The van der Waals surface area contributed by atoms with Crippen molar-refractivity contribution in [2.45, 2.75) is 13.3 Å². The van der Waals surface area contributed by atoms with Crippen molar-refractivity contribution < 1.29 is 18.3 Å². The molecule has 0 spiro atoms. The van der Waals surface area contributed by atoms with E-state index in [1.54, 1.807) is 0 Å². The van der Waals surface area contributed by atoms with E-state index in [1.165, 1.54) is 13.2 Å². The van der Waals surface area contributed by atoms with E-state index in [1.807, 2.05) is 6.92 Å². The molecule has 21 heavy (non-hydrogen) atoms. The Bertz CT molecular complexity index is 656. The van der Waals surface area contributed by atoms with E-state index >= 15 is 0 Å². The molecule has 0 aliphatic carbocycles. The second kappa shape index (κ2) is 6.45. The van der Waals surface area contributed by atoms with Gasteiger partial charge in [-0.15, -0.1) is 0 Å². The molecule has 1 heterocycles. The van der Waals surface area contributed by atoms with Crippen LogP contribution in [0.5, 0.6) is 0 Å². The third-order valence-corrected chi connectivity index (χ3v) is 2.93. The van der Waals surface area contributed by atoms with Gasteiger partial charge in [-0.1, -0.05) is 6.92 Å². The number of carbonyl (C=O) groups excluding carboxylic acids is 1. The van der Waals surface area contributed by atoms with E-state index in [9.17, 15) is 13.6 Å². The topological polar surface area (TPSA) is 67.0 Å². The molecule has 5 nitrogen and oxygen atoms in total. The molecule has 0 unspecified atom stereocenters. The Labute approximate surface area is 120 Å². The maximum Gasteiger partial charge on any atom is 0.250 e. The number of methoxy groups -OCH3 is 1. The summed E-state index contributed by atoms with van der Waals surface area (Å²) in [5.74, 6) is -2.25. The number of carbonyl (C=O) groups is 1. The summed E-state index contributed by atoms with van der Waals surface area (Å²) in [6, 6.07) is 3.46. The summed E-state index contributed by atoms with van der Waals surface area (Å²) in [5, 5.41) is 9.52. The van der Waals surface area contributed by atoms with Crippen LogP contribution in [0, 0.1) is 11.6 Å². The molecule has 1 aromatic carbocycles. The Morgan fingerprint density at radius 1 is 1.38 bits per heavy atom. The second-order valence-electron chi connectivity index (χ2n) is 4.39. The van der Waals surface area contributed by atoms with Crippen molar-refractivity contribution in [1.82, 2.24) is 10.2 Å². The number of nitrogens with one attached hydrogen (secondary N) is 2. The molecule has 0 aliphatic rings. The van der Waals surface area contributed by atoms with Gasteiger partial charge in [0.25, 0.3) is 0 Å². The number of rotatable bonds is 5. The van der Waals surface area contributed by atoms with Crippen LogP contribution in [0.1, 0.15) is 12.6 Å². The van der Waals surface area contributed by atoms with Crippen LogP contribution in [-0.2, 0) is 16.0 Å². The molecular formula is C14H15F2N3O2. The fourth-order valence-corrected chi connectivity index (χ4v) is 1.93. The Morgan fingerprint density at radius 3 is 2.76 bits per heavy atom. The number of anilines is 1. The molecule has 2 N–H and O–H groups in total. The lowest BCUT2D eigenvalue weighted by molar-refractivity contribution is -0.119. The standard InChI is InChI=1S/C14H15F2N3O2/c1-3-11-14(17-12(20)7-21-2)13(19-18-11)8-4-5-9(15)10(16)6-8/h4-6H,3,7H2,1-2H3,(H,17,20)(H,18,19). The summed E-state index contributed by atoms with van der Waals surface area (Å²) in [6.07, 6.45) is 0.597. The van der Waals surface area contributed by atoms with Gasteiger partial charge in [0.1, 0.15) is 12.3 Å². The third-order valence-electron chi connectivity index (χ3n) is 2.93. The molecule has 0 aliphatic heterocycles. The number of nitrogens with zero attached hydrogens (tertiary/aromatic N) is 1. The van der Waals surface area contributed by atoms with Crippen molar-refractivity contribution in [3.05, 3.63) is 35.5 Å². The first-order valence-corrected chi connectivity index (χ1v) is 6.38. The lowest BCUT2D eigenvalue weighted by Crippen LogP contribution is -2.18. The van der Waals surface area contributed by atoms with Crippen LogP contribution in [0.4, 0.5) is 14.5 Å². The zero-order valence-corrected chi connectivity index (χ0v) is 11.7. The minimum absolute atomic E-state index is 0.106. The highest BCUT2D eigenvalue weighted by Crippen LogP contribution is 2.30. The highest BCUT2D eigenvalue weighted by Gasteiger charge is 2.17. The molecule has 2 aromatic rings. The molecule has 0 radical (unpaired) electrons. The summed E-state index contributed by atoms with van der Waals surface area (Å²) in [5.41, 5.74) is 1.87. The number of aromatic nitrogens is 2. The Kier molecular flexibility index (Phi) is 4.64. The number of aryl methyl sites for hydroxylation is 1. The van der Waals surface area contributed by atoms with Gasteiger partial charge in [0.2, 0.25) is 5.91 Å². The zero-order valence-electron chi connectivity index (χ0n) is 11.7. The summed E-state index contributed by atoms with van der Waals surface area (Å²) >= 11 is 0. The normalized spacial score (nSPS) is 10.7. The van der Waals surface area contributed by atoms with Gasteiger partial charge >= 0.3 is 0 Å². The monoisotopic (exact) mass is 295 g/mol. The van der Waals surface area contributed by atoms with Crippen molar-refractivity contribution in [2.75, 3.05) is 19.0 Å². The minimum atomic E-state index is -0.970. The SMILES string of the molecule is CCc1[nH]nc(-c2ccc(F)c(F)c2)c1NC(=O)COC. The van der Waals surface area contributed by atoms with Gasteiger partial charge in [-0.05, 0) is 24.6 Å². The van der Waals surface area contributed by atoms with E-state index in [4.69, 9.17) is 4.74 Å². The first-order valence-electron chi connectivity index (χ1n) is 6.38. The number of halogens is 2. The van der Waals surface area contributed by atoms with Gasteiger partial charge in [-0.2, -0.15) is 5.10 Å². The van der Waals surface area contributed by atoms with Gasteiger partial charge in [0.15, 0.2) is 11.6 Å². The molecule has 2 rings (SSSR count). The van der Waals surface area contributed by atoms with E-state index in [0.717, 1.165) is 12.1 Å². The lowest BCUT2D eigenvalue weighted by Gasteiger charge is -2.07. The molecule has 0 saturated carbocycles. The molecule has 0 bridgehead atoms. The van der Waals surface area contributed by atoms with Gasteiger partial charge in [0, 0.05) is 12.7 Å². The van der Waals surface area contributed by atoms with Crippen LogP contribution in [0.15, 0.2) is 18.2 Å². The first kappa shape index (κ1) is 15.1. The Hall–Kier alpha value is -2.28. The molecule has 1 amide bonds. The van der Waals surface area contributed by atoms with Crippen molar-refractivity contribution in [3.8, 4) is 11.3 Å². The highest BCUT2D eigenvalue weighted by molar-refractivity contribution is 5.96. The maximum atomic E-state index is 13.3. The quantitative estimate of drug-likeness (QED) is 0.890. The number of aromatic amines is 1. The minimum Gasteiger partial charge on any atom is -0.375 e. The molecule has 1 aromatic heterocycles. The zero-order chi connectivity index (χ0) is 15.4. The van der Waals surface area contributed by atoms with Crippen molar-refractivity contribution in [3.63, 3.8) is 0 Å². The number of hydrogen-bond acceptors (Lipinski definition) is 3. The van der Waals surface area contributed by atoms with Crippen molar-refractivity contribution >= 4 is 11.6 Å². The predicted molar refractivity (Wildman–Crippen MR) is 73.8 cm³/mol. The smallest absolute Gasteiger partial charge is 0.250 e. The van der Waals surface area contributed by atoms with Crippen LogP contribution in [-0.4, -0.2) is 29.8 Å². The maximum absolute atomic E-state index is 13.3. The largest absolute Gasteiger partial charge is 0.375 e. The van der Waals surface area contributed by atoms with Crippen molar-refractivity contribution in [1.29, 1.82) is 0 Å². The summed E-state index contributed by atoms with van der Waals surface area (Å²) in [6.45, 7) is 1.78. The van der Waals surface area contributed by atoms with Crippen molar-refractivity contribution in [2.24, 2.45) is 0 Å². The molecular weight excluding hydrogens is 280 g/mol. The van der Waals surface area contributed by atoms with E-state index in [-0.39, 0.29) is 12.5 Å². The van der Waals surface area contributed by atoms with E-state index < -0.39 is 11.6 Å². The molecule has 112 valence electrons. The number of ether oxygens (including phenoxy) is 1. The molecule has 0 fully saturated rings. The van der Waals surface area contributed by atoms with Gasteiger partial charge < -0.3 is 10.1 Å². The number of benzene rings is 1.